The van der Waals surface area contributed by atoms with E-state index in [1.807, 2.05) is 89.8 Å². The predicted octanol–water partition coefficient (Wildman–Crippen LogP) is 4.44. The number of nitrogens with zero attached hydrogens (tertiary/aromatic N) is 1. The van der Waals surface area contributed by atoms with Gasteiger partial charge < -0.3 is 14.8 Å². The molecule has 2 fully saturated rings. The number of hydrogen-bond donors (Lipinski definition) is 1. The van der Waals surface area contributed by atoms with E-state index in [0.29, 0.717) is 13.1 Å². The Morgan fingerprint density at radius 1 is 0.795 bits per heavy atom. The molecule has 2 unspecified atom stereocenters. The summed E-state index contributed by atoms with van der Waals surface area (Å²) in [5.74, 6) is -0.770. The van der Waals surface area contributed by atoms with Crippen LogP contribution in [0, 0.1) is 0 Å². The standard InChI is InChI=1S/C33H28N2O4/c36-31(38-21-28-26-17-9-7-15-24(26)25-16-8-10-18-27(25)28)29-19-34-20-30-32(37)39-33(35(29)30,22-11-3-1-4-12-22)23-13-5-2-6-14-23/h1-18,28-30,34H,19-21H2. The summed E-state index contributed by atoms with van der Waals surface area (Å²) in [4.78, 5) is 29.2. The molecule has 6 heteroatoms. The zero-order chi connectivity index (χ0) is 26.4. The maximum atomic E-state index is 13.9. The number of esters is 2. The van der Waals surface area contributed by atoms with E-state index >= 15 is 0 Å². The first-order chi connectivity index (χ1) is 19.2. The Morgan fingerprint density at radius 3 is 1.92 bits per heavy atom. The summed E-state index contributed by atoms with van der Waals surface area (Å²) in [7, 11) is 0. The van der Waals surface area contributed by atoms with Crippen molar-refractivity contribution in [2.24, 2.45) is 0 Å². The lowest BCUT2D eigenvalue weighted by atomic mass is 9.90. The molecule has 6 nitrogen and oxygen atoms in total. The highest BCUT2D eigenvalue weighted by molar-refractivity contribution is 5.84. The van der Waals surface area contributed by atoms with Crippen molar-refractivity contribution in [3.05, 3.63) is 131 Å². The molecule has 7 rings (SSSR count). The van der Waals surface area contributed by atoms with Crippen LogP contribution in [-0.2, 0) is 24.8 Å². The number of carbonyl (C=O) groups excluding carboxylic acids is 2. The van der Waals surface area contributed by atoms with E-state index in [1.54, 1.807) is 0 Å². The van der Waals surface area contributed by atoms with Crippen LogP contribution in [0.4, 0.5) is 0 Å². The Bertz CT molecular complexity index is 1450. The Kier molecular flexibility index (Phi) is 5.80. The van der Waals surface area contributed by atoms with Gasteiger partial charge in [-0.1, -0.05) is 109 Å². The van der Waals surface area contributed by atoms with Crippen molar-refractivity contribution in [3.8, 4) is 11.1 Å². The van der Waals surface area contributed by atoms with E-state index in [0.717, 1.165) is 22.3 Å². The molecule has 2 atom stereocenters. The molecule has 0 spiro atoms. The van der Waals surface area contributed by atoms with Crippen molar-refractivity contribution in [2.45, 2.75) is 23.7 Å². The number of piperazine rings is 1. The monoisotopic (exact) mass is 516 g/mol. The molecule has 39 heavy (non-hydrogen) atoms. The van der Waals surface area contributed by atoms with Gasteiger partial charge in [-0.25, -0.2) is 4.90 Å². The van der Waals surface area contributed by atoms with E-state index in [2.05, 4.69) is 29.6 Å². The molecule has 0 radical (unpaired) electrons. The van der Waals surface area contributed by atoms with Gasteiger partial charge in [0.15, 0.2) is 0 Å². The fourth-order valence-electron chi connectivity index (χ4n) is 6.48. The van der Waals surface area contributed by atoms with Gasteiger partial charge in [0, 0.05) is 30.1 Å². The van der Waals surface area contributed by atoms with Gasteiger partial charge in [0.1, 0.15) is 18.7 Å². The maximum Gasteiger partial charge on any atom is 0.327 e. The molecule has 1 aliphatic carbocycles. The summed E-state index contributed by atoms with van der Waals surface area (Å²) >= 11 is 0. The molecule has 4 aromatic rings. The summed E-state index contributed by atoms with van der Waals surface area (Å²) in [6.07, 6.45) is 0. The molecule has 1 N–H and O–H groups in total. The first kappa shape index (κ1) is 23.8. The topological polar surface area (TPSA) is 67.9 Å². The summed E-state index contributed by atoms with van der Waals surface area (Å²) in [6, 6.07) is 34.5. The van der Waals surface area contributed by atoms with Crippen LogP contribution in [0.3, 0.4) is 0 Å². The van der Waals surface area contributed by atoms with Gasteiger partial charge in [0.25, 0.3) is 0 Å². The maximum absolute atomic E-state index is 13.9. The molecule has 194 valence electrons. The molecule has 3 aliphatic rings. The van der Waals surface area contributed by atoms with Crippen LogP contribution in [0.15, 0.2) is 109 Å². The molecule has 0 aromatic heterocycles. The van der Waals surface area contributed by atoms with Crippen LogP contribution in [0.25, 0.3) is 11.1 Å². The number of fused-ring (bicyclic) bond motifs is 4. The van der Waals surface area contributed by atoms with E-state index in [1.165, 1.54) is 11.1 Å². The van der Waals surface area contributed by atoms with Crippen LogP contribution in [0.2, 0.25) is 0 Å². The molecule has 2 heterocycles. The largest absolute Gasteiger partial charge is 0.463 e. The summed E-state index contributed by atoms with van der Waals surface area (Å²) < 4.78 is 12.4. The van der Waals surface area contributed by atoms with Crippen molar-refractivity contribution < 1.29 is 19.1 Å². The molecule has 0 amide bonds. The average Bonchev–Trinajstić information content (AvgIpc) is 3.49. The Balaban J connectivity index is 1.24. The zero-order valence-electron chi connectivity index (χ0n) is 21.3. The second-order valence-electron chi connectivity index (χ2n) is 10.3. The van der Waals surface area contributed by atoms with Crippen molar-refractivity contribution >= 4 is 11.9 Å². The highest BCUT2D eigenvalue weighted by Gasteiger charge is 2.61. The number of nitrogens with one attached hydrogen (secondary N) is 1. The Morgan fingerprint density at radius 2 is 1.33 bits per heavy atom. The van der Waals surface area contributed by atoms with Crippen LogP contribution in [0.5, 0.6) is 0 Å². The predicted molar refractivity (Wildman–Crippen MR) is 147 cm³/mol. The fourth-order valence-corrected chi connectivity index (χ4v) is 6.48. The zero-order valence-corrected chi connectivity index (χ0v) is 21.3. The third-order valence-electron chi connectivity index (χ3n) is 8.19. The van der Waals surface area contributed by atoms with Gasteiger partial charge in [0.05, 0.1) is 0 Å². The van der Waals surface area contributed by atoms with Crippen LogP contribution in [-0.4, -0.2) is 48.6 Å². The summed E-state index contributed by atoms with van der Waals surface area (Å²) in [5, 5.41) is 3.27. The first-order valence-electron chi connectivity index (χ1n) is 13.4. The number of carbonyl (C=O) groups is 2. The third-order valence-corrected chi connectivity index (χ3v) is 8.19. The lowest BCUT2D eigenvalue weighted by molar-refractivity contribution is -0.163. The van der Waals surface area contributed by atoms with E-state index in [-0.39, 0.29) is 24.5 Å². The lowest BCUT2D eigenvalue weighted by Gasteiger charge is -2.44. The molecule has 0 saturated carbocycles. The molecular weight excluding hydrogens is 488 g/mol. The summed E-state index contributed by atoms with van der Waals surface area (Å²) in [6.45, 7) is 0.971. The van der Waals surface area contributed by atoms with Crippen molar-refractivity contribution in [1.29, 1.82) is 0 Å². The Labute approximate surface area is 227 Å². The Hall–Kier alpha value is -4.26. The highest BCUT2D eigenvalue weighted by atomic mass is 16.6. The second kappa shape index (κ2) is 9.49. The van der Waals surface area contributed by atoms with Crippen LogP contribution >= 0.6 is 0 Å². The molecular formula is C33H28N2O4. The average molecular weight is 517 g/mol. The third kappa shape index (κ3) is 3.71. The van der Waals surface area contributed by atoms with Gasteiger partial charge in [-0.05, 0) is 22.3 Å². The van der Waals surface area contributed by atoms with Crippen LogP contribution < -0.4 is 5.32 Å². The van der Waals surface area contributed by atoms with Crippen LogP contribution in [0.1, 0.15) is 28.2 Å². The first-order valence-corrected chi connectivity index (χ1v) is 13.4. The number of benzene rings is 4. The van der Waals surface area contributed by atoms with Gasteiger partial charge in [0.2, 0.25) is 5.72 Å². The van der Waals surface area contributed by atoms with Crippen molar-refractivity contribution in [2.75, 3.05) is 19.7 Å². The molecule has 0 bridgehead atoms. The van der Waals surface area contributed by atoms with E-state index in [9.17, 15) is 9.59 Å². The number of cyclic esters (lactones) is 1. The van der Waals surface area contributed by atoms with Gasteiger partial charge in [-0.15, -0.1) is 0 Å². The highest BCUT2D eigenvalue weighted by Crippen LogP contribution is 2.47. The SMILES string of the molecule is O=C(OCC1c2ccccc2-c2ccccc21)C1CNCC2C(=O)OC(c3ccccc3)(c3ccccc3)N12. The minimum atomic E-state index is -1.23. The minimum Gasteiger partial charge on any atom is -0.463 e. The van der Waals surface area contributed by atoms with Gasteiger partial charge in [-0.3, -0.25) is 9.59 Å². The van der Waals surface area contributed by atoms with E-state index < -0.39 is 17.8 Å². The van der Waals surface area contributed by atoms with Gasteiger partial charge in [-0.2, -0.15) is 0 Å². The lowest BCUT2D eigenvalue weighted by Crippen LogP contribution is -2.64. The van der Waals surface area contributed by atoms with E-state index in [4.69, 9.17) is 9.47 Å². The second-order valence-corrected chi connectivity index (χ2v) is 10.3. The molecule has 2 aliphatic heterocycles. The molecule has 2 saturated heterocycles. The minimum absolute atomic E-state index is 0.0434. The fraction of sp³-hybridized carbons (Fsp3) is 0.212. The number of rotatable bonds is 5. The number of ether oxygens (including phenoxy) is 2. The number of hydrogen-bond acceptors (Lipinski definition) is 6. The normalized spacial score (nSPS) is 21.5. The quantitative estimate of drug-likeness (QED) is 0.396. The van der Waals surface area contributed by atoms with Gasteiger partial charge >= 0.3 is 11.9 Å². The smallest absolute Gasteiger partial charge is 0.327 e. The summed E-state index contributed by atoms with van der Waals surface area (Å²) in [5.41, 5.74) is 5.04. The molecule has 4 aromatic carbocycles. The van der Waals surface area contributed by atoms with Crippen molar-refractivity contribution in [1.82, 2.24) is 10.2 Å². The van der Waals surface area contributed by atoms with Crippen molar-refractivity contribution in [3.63, 3.8) is 0 Å².